The molecule has 0 aliphatic rings. The molecular formula is CH7N3O4S. The van der Waals surface area contributed by atoms with Gasteiger partial charge in [-0.15, -0.1) is 0 Å². The van der Waals surface area contributed by atoms with Crippen LogP contribution in [0.2, 0.25) is 0 Å². The normalized spacial score (nSPS) is 9.22. The van der Waals surface area contributed by atoms with Gasteiger partial charge in [-0.05, 0) is 0 Å². The molecule has 0 aliphatic carbocycles. The van der Waals surface area contributed by atoms with Gasteiger partial charge in [0.2, 0.25) is 0 Å². The van der Waals surface area contributed by atoms with Crippen LogP contribution >= 0.6 is 0 Å². The Morgan fingerprint density at radius 1 is 1.56 bits per heavy atom. The van der Waals surface area contributed by atoms with E-state index in [1.165, 1.54) is 0 Å². The van der Waals surface area contributed by atoms with Crippen molar-refractivity contribution in [3.63, 3.8) is 0 Å². The van der Waals surface area contributed by atoms with Crippen LogP contribution in [-0.4, -0.2) is 19.0 Å². The molecule has 0 heterocycles. The van der Waals surface area contributed by atoms with Crippen molar-refractivity contribution in [3.05, 3.63) is 0 Å². The number of rotatable bonds is 0. The van der Waals surface area contributed by atoms with Gasteiger partial charge in [-0.1, -0.05) is 0 Å². The second-order valence-corrected chi connectivity index (χ2v) is 1.94. The largest absolute Gasteiger partial charge is 0.736 e. The predicted octanol–water partition coefficient (Wildman–Crippen LogP) is -3.29. The highest BCUT2D eigenvalue weighted by Gasteiger charge is 1.68. The highest BCUT2D eigenvalue weighted by atomic mass is 32.2. The summed E-state index contributed by atoms with van der Waals surface area (Å²) in [5, 5.41) is 3.77. The van der Waals surface area contributed by atoms with Crippen LogP contribution in [0.5, 0.6) is 0 Å². The topological polar surface area (TPSA) is 154 Å². The molecule has 0 fully saturated rings. The average Bonchev–Trinajstić information content (AvgIpc) is 1.19. The van der Waals surface area contributed by atoms with Crippen LogP contribution in [0, 0.1) is 0 Å². The molecule has 0 saturated carbocycles. The van der Waals surface area contributed by atoms with E-state index in [4.69, 9.17) is 17.8 Å². The maximum Gasteiger partial charge on any atom is 0.409 e. The lowest BCUT2D eigenvalue weighted by atomic mass is 11.2. The minimum atomic E-state index is -4.42. The first-order chi connectivity index (χ1) is 3.73. The van der Waals surface area contributed by atoms with E-state index in [-0.39, 0.29) is 0 Å². The maximum atomic E-state index is 9.11. The van der Waals surface area contributed by atoms with E-state index in [9.17, 15) is 0 Å². The van der Waals surface area contributed by atoms with E-state index in [1.807, 2.05) is 0 Å². The van der Waals surface area contributed by atoms with Crippen molar-refractivity contribution in [1.29, 1.82) is 0 Å². The first kappa shape index (κ1) is 11.1. The number of amides is 2. The van der Waals surface area contributed by atoms with E-state index in [0.29, 0.717) is 0 Å². The Balaban J connectivity index is 0. The van der Waals surface area contributed by atoms with Crippen molar-refractivity contribution >= 4 is 16.3 Å². The summed E-state index contributed by atoms with van der Waals surface area (Å²) in [5.74, 6) is 0. The number of nitrogens with two attached hydrogens (primary N) is 2. The monoisotopic (exact) mass is 157 g/mol. The van der Waals surface area contributed by atoms with Crippen molar-refractivity contribution in [2.24, 2.45) is 10.9 Å². The Morgan fingerprint density at radius 3 is 1.56 bits per heavy atom. The number of primary amides is 1. The molecule has 0 saturated heterocycles. The Kier molecular flexibility index (Phi) is 5.21. The Hall–Kier alpha value is -0.700. The lowest BCUT2D eigenvalue weighted by Crippen LogP contribution is -2.60. The molecule has 2 amide bonds. The lowest BCUT2D eigenvalue weighted by Gasteiger charge is -1.90. The van der Waals surface area contributed by atoms with Gasteiger partial charge in [-0.25, -0.2) is 18.4 Å². The molecule has 0 atom stereocenters. The standard InChI is InChI=1S/CH4N2O.H3NO3S/c2-1(3)4;1-5(2,3)4/h(H4,2,3,4);(H3,1,2,3,4). The molecule has 0 radical (unpaired) electrons. The van der Waals surface area contributed by atoms with Crippen molar-refractivity contribution in [2.45, 2.75) is 0 Å². The first-order valence-electron chi connectivity index (χ1n) is 1.58. The van der Waals surface area contributed by atoms with Gasteiger partial charge in [0.15, 0.2) is 10.3 Å². The highest BCUT2D eigenvalue weighted by Crippen LogP contribution is 1.49. The summed E-state index contributed by atoms with van der Waals surface area (Å²) in [6.07, 6.45) is 0. The predicted molar refractivity (Wildman–Crippen MR) is 26.4 cm³/mol. The van der Waals surface area contributed by atoms with Gasteiger partial charge in [-0.2, -0.15) is 0 Å². The summed E-state index contributed by atoms with van der Waals surface area (Å²) >= 11 is 0. The van der Waals surface area contributed by atoms with Crippen LogP contribution in [0.1, 0.15) is 0 Å². The SMILES string of the molecule is NC([NH3+])=O.NS(=O)(=O)[O-]. The van der Waals surface area contributed by atoms with E-state index >= 15 is 0 Å². The van der Waals surface area contributed by atoms with Crippen LogP contribution in [0.15, 0.2) is 0 Å². The summed E-state index contributed by atoms with van der Waals surface area (Å²) in [4.78, 5) is 9.11. The Morgan fingerprint density at radius 2 is 1.56 bits per heavy atom. The lowest BCUT2D eigenvalue weighted by molar-refractivity contribution is -0.245. The molecule has 0 aromatic rings. The van der Waals surface area contributed by atoms with Gasteiger partial charge in [0.25, 0.3) is 0 Å². The number of quaternary nitrogens is 1. The van der Waals surface area contributed by atoms with Gasteiger partial charge in [0, 0.05) is 0 Å². The minimum absolute atomic E-state index is 0.583. The zero-order valence-corrected chi connectivity index (χ0v) is 5.22. The van der Waals surface area contributed by atoms with Crippen LogP contribution in [-0.2, 0) is 10.3 Å². The third-order valence-electron chi connectivity index (χ3n) is 0. The third-order valence-corrected chi connectivity index (χ3v) is 0. The zero-order chi connectivity index (χ0) is 8.08. The molecule has 0 spiro atoms. The fraction of sp³-hybridized carbons (Fsp3) is 0. The van der Waals surface area contributed by atoms with Crippen LogP contribution in [0.3, 0.4) is 0 Å². The summed E-state index contributed by atoms with van der Waals surface area (Å²) in [6, 6.07) is -0.583. The van der Waals surface area contributed by atoms with Gasteiger partial charge in [0.05, 0.1) is 0 Å². The van der Waals surface area contributed by atoms with Crippen LogP contribution in [0.4, 0.5) is 4.79 Å². The molecule has 7 N–H and O–H groups in total. The van der Waals surface area contributed by atoms with Gasteiger partial charge in [-0.3, -0.25) is 5.73 Å². The smallest absolute Gasteiger partial charge is 0.409 e. The van der Waals surface area contributed by atoms with E-state index in [2.05, 4.69) is 16.6 Å². The molecule has 0 rings (SSSR count). The average molecular weight is 157 g/mol. The summed E-state index contributed by atoms with van der Waals surface area (Å²) < 4.78 is 26.6. The molecule has 0 unspecified atom stereocenters. The number of hydrogen-bond acceptors (Lipinski definition) is 4. The van der Waals surface area contributed by atoms with E-state index in [1.54, 1.807) is 0 Å². The van der Waals surface area contributed by atoms with Gasteiger partial charge >= 0.3 is 6.03 Å². The molecule has 9 heavy (non-hydrogen) atoms. The summed E-state index contributed by atoms with van der Waals surface area (Å²) in [7, 11) is -4.42. The fourth-order valence-corrected chi connectivity index (χ4v) is 0. The maximum absolute atomic E-state index is 9.11. The molecule has 0 aliphatic heterocycles. The second-order valence-electron chi connectivity index (χ2n) is 0.959. The van der Waals surface area contributed by atoms with Crippen LogP contribution in [0.25, 0.3) is 0 Å². The fourth-order valence-electron chi connectivity index (χ4n) is 0. The van der Waals surface area contributed by atoms with Crippen LogP contribution < -0.4 is 16.6 Å². The number of urea groups is 1. The molecule has 0 aromatic carbocycles. The number of carbonyl (C=O) groups excluding carboxylic acids is 1. The molecule has 0 aromatic heterocycles. The molecule has 7 nitrogen and oxygen atoms in total. The van der Waals surface area contributed by atoms with Crippen molar-refractivity contribution in [1.82, 2.24) is 0 Å². The highest BCUT2D eigenvalue weighted by molar-refractivity contribution is 7.83. The first-order valence-corrected chi connectivity index (χ1v) is 3.05. The number of hydrogen-bond donors (Lipinski definition) is 3. The van der Waals surface area contributed by atoms with Gasteiger partial charge < -0.3 is 10.3 Å². The zero-order valence-electron chi connectivity index (χ0n) is 4.40. The summed E-state index contributed by atoms with van der Waals surface area (Å²) in [5.41, 5.74) is 7.14. The third kappa shape index (κ3) is 418. The second kappa shape index (κ2) is 4.21. The number of carbonyl (C=O) groups is 1. The van der Waals surface area contributed by atoms with Gasteiger partial charge in [0.1, 0.15) is 0 Å². The van der Waals surface area contributed by atoms with E-state index < -0.39 is 16.3 Å². The Labute approximate surface area is 51.7 Å². The molecular weight excluding hydrogens is 150 g/mol. The molecule has 56 valence electrons. The Bertz CT molecular complexity index is 158. The van der Waals surface area contributed by atoms with Crippen molar-refractivity contribution < 1.29 is 23.5 Å². The van der Waals surface area contributed by atoms with Crippen molar-refractivity contribution in [3.8, 4) is 0 Å². The summed E-state index contributed by atoms with van der Waals surface area (Å²) in [6.45, 7) is 0. The molecule has 8 heteroatoms. The van der Waals surface area contributed by atoms with Crippen molar-refractivity contribution in [2.75, 3.05) is 0 Å². The van der Waals surface area contributed by atoms with E-state index in [0.717, 1.165) is 0 Å². The quantitative estimate of drug-likeness (QED) is 0.315. The minimum Gasteiger partial charge on any atom is -0.736 e. The molecule has 0 bridgehead atoms.